The van der Waals surface area contributed by atoms with Crippen LogP contribution in [0.1, 0.15) is 5.69 Å². The molecule has 1 aliphatic heterocycles. The Morgan fingerprint density at radius 3 is 3.30 bits per heavy atom. The SMILES string of the molecule is c1ncc2c(n1)CCN=N2. The lowest BCUT2D eigenvalue weighted by Gasteiger charge is -2.03. The fourth-order valence-corrected chi connectivity index (χ4v) is 0.906. The molecule has 0 radical (unpaired) electrons. The van der Waals surface area contributed by atoms with Gasteiger partial charge in [-0.05, 0) is 0 Å². The van der Waals surface area contributed by atoms with Crippen LogP contribution in [0.5, 0.6) is 0 Å². The fourth-order valence-electron chi connectivity index (χ4n) is 0.906. The van der Waals surface area contributed by atoms with E-state index in [1.807, 2.05) is 0 Å². The van der Waals surface area contributed by atoms with Gasteiger partial charge in [0.25, 0.3) is 0 Å². The molecule has 0 atom stereocenters. The molecule has 0 spiro atoms. The first-order valence-electron chi connectivity index (χ1n) is 3.13. The number of rotatable bonds is 0. The van der Waals surface area contributed by atoms with Crippen molar-refractivity contribution in [2.24, 2.45) is 10.2 Å². The molecule has 0 saturated carbocycles. The minimum Gasteiger partial charge on any atom is -0.242 e. The van der Waals surface area contributed by atoms with Crippen molar-refractivity contribution in [1.29, 1.82) is 0 Å². The van der Waals surface area contributed by atoms with Crippen LogP contribution in [0.3, 0.4) is 0 Å². The second-order valence-electron chi connectivity index (χ2n) is 2.07. The standard InChI is InChI=1S/C6H6N4/c1-2-9-10-6-3-7-4-8-5(1)6/h3-4H,1-2H2. The van der Waals surface area contributed by atoms with Gasteiger partial charge in [-0.1, -0.05) is 0 Å². The third kappa shape index (κ3) is 0.775. The van der Waals surface area contributed by atoms with Crippen LogP contribution in [0, 0.1) is 0 Å². The van der Waals surface area contributed by atoms with Gasteiger partial charge in [-0.25, -0.2) is 9.97 Å². The smallest absolute Gasteiger partial charge is 0.125 e. The first kappa shape index (κ1) is 5.46. The lowest BCUT2D eigenvalue weighted by molar-refractivity contribution is 0.822. The highest BCUT2D eigenvalue weighted by Crippen LogP contribution is 2.18. The molecule has 0 saturated heterocycles. The molecule has 0 N–H and O–H groups in total. The Kier molecular flexibility index (Phi) is 1.16. The number of fused-ring (bicyclic) bond motifs is 1. The van der Waals surface area contributed by atoms with E-state index in [-0.39, 0.29) is 0 Å². The zero-order chi connectivity index (χ0) is 6.81. The summed E-state index contributed by atoms with van der Waals surface area (Å²) in [5, 5.41) is 7.76. The number of aromatic nitrogens is 2. The summed E-state index contributed by atoms with van der Waals surface area (Å²) < 4.78 is 0. The van der Waals surface area contributed by atoms with E-state index in [1.54, 1.807) is 12.5 Å². The Labute approximate surface area is 58.0 Å². The molecule has 0 aliphatic carbocycles. The Bertz CT molecular complexity index is 268. The molecule has 50 valence electrons. The molecule has 0 bridgehead atoms. The summed E-state index contributed by atoms with van der Waals surface area (Å²) in [6.07, 6.45) is 4.12. The molecule has 4 heteroatoms. The molecular formula is C6H6N4. The minimum atomic E-state index is 0.754. The normalized spacial score (nSPS) is 14.8. The van der Waals surface area contributed by atoms with Gasteiger partial charge >= 0.3 is 0 Å². The Hall–Kier alpha value is -1.32. The molecule has 1 aliphatic rings. The molecule has 0 aromatic carbocycles. The lowest BCUT2D eigenvalue weighted by Crippen LogP contribution is -1.97. The largest absolute Gasteiger partial charge is 0.242 e. The van der Waals surface area contributed by atoms with Crippen LogP contribution in [0.4, 0.5) is 5.69 Å². The first-order chi connectivity index (χ1) is 4.97. The van der Waals surface area contributed by atoms with E-state index in [1.165, 1.54) is 0 Å². The van der Waals surface area contributed by atoms with Crippen LogP contribution in [0.15, 0.2) is 22.8 Å². The summed E-state index contributed by atoms with van der Waals surface area (Å²) in [4.78, 5) is 7.89. The van der Waals surface area contributed by atoms with Crippen LogP contribution in [-0.4, -0.2) is 16.5 Å². The topological polar surface area (TPSA) is 50.5 Å². The Balaban J connectivity index is 2.54. The quantitative estimate of drug-likeness (QED) is 0.533. The summed E-state index contributed by atoms with van der Waals surface area (Å²) >= 11 is 0. The Morgan fingerprint density at radius 1 is 1.40 bits per heavy atom. The maximum atomic E-state index is 4.05. The molecule has 1 aromatic rings. The predicted octanol–water partition coefficient (Wildman–Crippen LogP) is 1.12. The van der Waals surface area contributed by atoms with E-state index < -0.39 is 0 Å². The van der Waals surface area contributed by atoms with Crippen LogP contribution < -0.4 is 0 Å². The van der Waals surface area contributed by atoms with E-state index in [2.05, 4.69) is 20.2 Å². The monoisotopic (exact) mass is 134 g/mol. The van der Waals surface area contributed by atoms with Crippen molar-refractivity contribution in [2.75, 3.05) is 6.54 Å². The van der Waals surface area contributed by atoms with Crippen molar-refractivity contribution in [2.45, 2.75) is 6.42 Å². The van der Waals surface area contributed by atoms with Gasteiger partial charge in [-0.2, -0.15) is 10.2 Å². The summed E-state index contributed by atoms with van der Waals surface area (Å²) in [6, 6.07) is 0. The zero-order valence-electron chi connectivity index (χ0n) is 5.36. The maximum Gasteiger partial charge on any atom is 0.125 e. The lowest BCUT2D eigenvalue weighted by atomic mass is 10.2. The summed E-state index contributed by atoms with van der Waals surface area (Å²) in [5.41, 5.74) is 1.82. The highest BCUT2D eigenvalue weighted by Gasteiger charge is 2.05. The summed E-state index contributed by atoms with van der Waals surface area (Å²) in [5.74, 6) is 0. The molecule has 0 unspecified atom stereocenters. The minimum absolute atomic E-state index is 0.754. The third-order valence-corrected chi connectivity index (χ3v) is 1.40. The van der Waals surface area contributed by atoms with Crippen molar-refractivity contribution in [3.05, 3.63) is 18.2 Å². The molecular weight excluding hydrogens is 128 g/mol. The summed E-state index contributed by atoms with van der Waals surface area (Å²) in [6.45, 7) is 0.754. The zero-order valence-corrected chi connectivity index (χ0v) is 5.36. The van der Waals surface area contributed by atoms with Crippen molar-refractivity contribution < 1.29 is 0 Å². The number of hydrogen-bond acceptors (Lipinski definition) is 4. The van der Waals surface area contributed by atoms with Gasteiger partial charge in [0.1, 0.15) is 12.0 Å². The fraction of sp³-hybridized carbons (Fsp3) is 0.333. The van der Waals surface area contributed by atoms with Crippen LogP contribution in [0.25, 0.3) is 0 Å². The van der Waals surface area contributed by atoms with Gasteiger partial charge < -0.3 is 0 Å². The van der Waals surface area contributed by atoms with E-state index in [0.717, 1.165) is 24.3 Å². The molecule has 10 heavy (non-hydrogen) atoms. The average Bonchev–Trinajstić information content (AvgIpc) is 2.05. The highest BCUT2D eigenvalue weighted by atomic mass is 15.1. The predicted molar refractivity (Wildman–Crippen MR) is 35.1 cm³/mol. The van der Waals surface area contributed by atoms with Gasteiger partial charge in [0.15, 0.2) is 0 Å². The molecule has 4 nitrogen and oxygen atoms in total. The van der Waals surface area contributed by atoms with Crippen molar-refractivity contribution in [3.63, 3.8) is 0 Å². The van der Waals surface area contributed by atoms with Crippen LogP contribution in [0.2, 0.25) is 0 Å². The molecule has 0 amide bonds. The van der Waals surface area contributed by atoms with Crippen molar-refractivity contribution >= 4 is 5.69 Å². The maximum absolute atomic E-state index is 4.05. The first-order valence-corrected chi connectivity index (χ1v) is 3.13. The van der Waals surface area contributed by atoms with Gasteiger partial charge in [-0.3, -0.25) is 0 Å². The molecule has 0 fully saturated rings. The van der Waals surface area contributed by atoms with E-state index >= 15 is 0 Å². The second kappa shape index (κ2) is 2.13. The molecule has 2 heterocycles. The average molecular weight is 134 g/mol. The summed E-state index contributed by atoms with van der Waals surface area (Å²) in [7, 11) is 0. The van der Waals surface area contributed by atoms with Gasteiger partial charge in [-0.15, -0.1) is 0 Å². The van der Waals surface area contributed by atoms with E-state index in [9.17, 15) is 0 Å². The second-order valence-corrected chi connectivity index (χ2v) is 2.07. The van der Waals surface area contributed by atoms with Gasteiger partial charge in [0, 0.05) is 6.42 Å². The van der Waals surface area contributed by atoms with Gasteiger partial charge in [0.05, 0.1) is 18.4 Å². The number of azo groups is 1. The van der Waals surface area contributed by atoms with Crippen LogP contribution in [-0.2, 0) is 6.42 Å². The van der Waals surface area contributed by atoms with Crippen molar-refractivity contribution in [1.82, 2.24) is 9.97 Å². The van der Waals surface area contributed by atoms with Gasteiger partial charge in [0.2, 0.25) is 0 Å². The molecule has 2 rings (SSSR count). The number of hydrogen-bond donors (Lipinski definition) is 0. The number of nitrogens with zero attached hydrogens (tertiary/aromatic N) is 4. The van der Waals surface area contributed by atoms with Crippen LogP contribution >= 0.6 is 0 Å². The third-order valence-electron chi connectivity index (χ3n) is 1.40. The van der Waals surface area contributed by atoms with E-state index in [0.29, 0.717) is 0 Å². The molecule has 1 aromatic heterocycles. The van der Waals surface area contributed by atoms with Crippen molar-refractivity contribution in [3.8, 4) is 0 Å². The highest BCUT2D eigenvalue weighted by molar-refractivity contribution is 5.39. The Morgan fingerprint density at radius 2 is 2.40 bits per heavy atom. The van der Waals surface area contributed by atoms with E-state index in [4.69, 9.17) is 0 Å².